The number of nitriles is 1. The number of carbonyl (C=O) groups is 1. The van der Waals surface area contributed by atoms with Gasteiger partial charge in [-0.1, -0.05) is 24.3 Å². The second kappa shape index (κ2) is 7.78. The van der Waals surface area contributed by atoms with E-state index in [1.165, 1.54) is 0 Å². The first-order valence-corrected chi connectivity index (χ1v) is 9.34. The van der Waals surface area contributed by atoms with Gasteiger partial charge in [0.1, 0.15) is 12.4 Å². The lowest BCUT2D eigenvalue weighted by molar-refractivity contribution is 0.0697. The average Bonchev–Trinajstić information content (AvgIpc) is 3.18. The lowest BCUT2D eigenvalue weighted by Crippen LogP contribution is -2.40. The number of anilines is 2. The smallest absolute Gasteiger partial charge is 0.335 e. The molecule has 1 aliphatic rings. The molecule has 0 spiro atoms. The fourth-order valence-electron chi connectivity index (χ4n) is 3.54. The molecule has 150 valence electrons. The number of nitrogens with zero attached hydrogens (tertiary/aromatic N) is 1. The van der Waals surface area contributed by atoms with Gasteiger partial charge < -0.3 is 25.6 Å². The third kappa shape index (κ3) is 3.41. The number of carboxylic acids is 1. The van der Waals surface area contributed by atoms with Crippen LogP contribution in [-0.2, 0) is 5.66 Å². The molecule has 7 nitrogen and oxygen atoms in total. The number of aliphatic hydroxyl groups is 1. The van der Waals surface area contributed by atoms with Crippen LogP contribution >= 0.6 is 0 Å². The number of nitrogens with one attached hydrogen (secondary N) is 2. The second-order valence-electron chi connectivity index (χ2n) is 6.85. The first-order valence-electron chi connectivity index (χ1n) is 9.34. The summed E-state index contributed by atoms with van der Waals surface area (Å²) in [4.78, 5) is 11.4. The first-order chi connectivity index (χ1) is 14.6. The highest BCUT2D eigenvalue weighted by atomic mass is 16.5. The Balaban J connectivity index is 1.78. The summed E-state index contributed by atoms with van der Waals surface area (Å²) >= 11 is 0. The summed E-state index contributed by atoms with van der Waals surface area (Å²) < 4.78 is 5.45. The number of aromatic carboxylic acids is 1. The van der Waals surface area contributed by atoms with Crippen LogP contribution in [0.3, 0.4) is 0 Å². The largest absolute Gasteiger partial charge is 0.491 e. The maximum Gasteiger partial charge on any atom is 0.335 e. The zero-order valence-corrected chi connectivity index (χ0v) is 15.9. The fraction of sp³-hybridized carbons (Fsp3) is 0.130. The SMILES string of the molecule is N#Cc1ccc(C2(c3ccc(OCCO)cc3)Nc3ccc(C(=O)O)cc3N2)cc1. The molecule has 30 heavy (non-hydrogen) atoms. The molecule has 4 N–H and O–H groups in total. The Hall–Kier alpha value is -4.02. The molecular formula is C23H19N3O4. The van der Waals surface area contributed by atoms with Gasteiger partial charge in [0.15, 0.2) is 5.66 Å². The zero-order valence-electron chi connectivity index (χ0n) is 15.9. The van der Waals surface area contributed by atoms with Gasteiger partial charge in [-0.25, -0.2) is 4.79 Å². The standard InChI is InChI=1S/C23H19N3O4/c24-14-15-1-4-17(5-2-15)23(18-6-8-19(9-7-18)30-12-11-27)25-20-10-3-16(22(28)29)13-21(20)26-23/h1-10,13,25-27H,11-12H2,(H,28,29). The van der Waals surface area contributed by atoms with E-state index < -0.39 is 11.6 Å². The van der Waals surface area contributed by atoms with Gasteiger partial charge in [-0.2, -0.15) is 5.26 Å². The molecule has 7 heteroatoms. The van der Waals surface area contributed by atoms with E-state index in [0.29, 0.717) is 17.0 Å². The van der Waals surface area contributed by atoms with E-state index in [-0.39, 0.29) is 18.8 Å². The van der Waals surface area contributed by atoms with Crippen LogP contribution in [-0.4, -0.2) is 29.4 Å². The van der Waals surface area contributed by atoms with Gasteiger partial charge in [0.25, 0.3) is 0 Å². The Morgan fingerprint density at radius 3 is 2.20 bits per heavy atom. The number of carboxylic acid groups (broad SMARTS) is 1. The minimum Gasteiger partial charge on any atom is -0.491 e. The van der Waals surface area contributed by atoms with Crippen molar-refractivity contribution in [2.24, 2.45) is 0 Å². The van der Waals surface area contributed by atoms with Crippen LogP contribution in [0.1, 0.15) is 27.0 Å². The summed E-state index contributed by atoms with van der Waals surface area (Å²) in [7, 11) is 0. The molecular weight excluding hydrogens is 382 g/mol. The van der Waals surface area contributed by atoms with E-state index in [1.807, 2.05) is 36.4 Å². The number of hydrogen-bond donors (Lipinski definition) is 4. The van der Waals surface area contributed by atoms with Crippen LogP contribution in [0.2, 0.25) is 0 Å². The summed E-state index contributed by atoms with van der Waals surface area (Å²) in [6, 6.07) is 21.6. The maximum absolute atomic E-state index is 11.4. The predicted molar refractivity (Wildman–Crippen MR) is 112 cm³/mol. The van der Waals surface area contributed by atoms with Gasteiger partial charge in [0, 0.05) is 11.1 Å². The molecule has 3 aromatic carbocycles. The highest BCUT2D eigenvalue weighted by molar-refractivity contribution is 5.92. The van der Waals surface area contributed by atoms with Crippen LogP contribution in [0.15, 0.2) is 66.7 Å². The molecule has 1 unspecified atom stereocenters. The summed E-state index contributed by atoms with van der Waals surface area (Å²) in [5, 5.41) is 34.3. The summed E-state index contributed by atoms with van der Waals surface area (Å²) in [5.74, 6) is -0.368. The van der Waals surface area contributed by atoms with Gasteiger partial charge in [0.2, 0.25) is 0 Å². The molecule has 1 aliphatic heterocycles. The van der Waals surface area contributed by atoms with Crippen molar-refractivity contribution < 1.29 is 19.7 Å². The Morgan fingerprint density at radius 1 is 0.967 bits per heavy atom. The molecule has 0 aromatic heterocycles. The molecule has 3 aromatic rings. The quantitative estimate of drug-likeness (QED) is 0.501. The topological polar surface area (TPSA) is 115 Å². The minimum absolute atomic E-state index is 0.0682. The number of aliphatic hydroxyl groups excluding tert-OH is 1. The van der Waals surface area contributed by atoms with Crippen molar-refractivity contribution in [2.75, 3.05) is 23.8 Å². The van der Waals surface area contributed by atoms with Crippen LogP contribution < -0.4 is 15.4 Å². The summed E-state index contributed by atoms with van der Waals surface area (Å²) in [5.41, 5.74) is 3.04. The number of benzene rings is 3. The van der Waals surface area contributed by atoms with Crippen molar-refractivity contribution in [2.45, 2.75) is 5.66 Å². The Labute approximate surface area is 173 Å². The number of ether oxygens (including phenoxy) is 1. The van der Waals surface area contributed by atoms with Gasteiger partial charge in [-0.3, -0.25) is 0 Å². The highest BCUT2D eigenvalue weighted by Gasteiger charge is 2.40. The number of hydrogen-bond acceptors (Lipinski definition) is 6. The van der Waals surface area contributed by atoms with E-state index in [1.54, 1.807) is 30.3 Å². The van der Waals surface area contributed by atoms with E-state index >= 15 is 0 Å². The molecule has 0 fully saturated rings. The lowest BCUT2D eigenvalue weighted by atomic mass is 9.91. The van der Waals surface area contributed by atoms with Crippen molar-refractivity contribution >= 4 is 17.3 Å². The van der Waals surface area contributed by atoms with E-state index in [4.69, 9.17) is 15.1 Å². The molecule has 0 amide bonds. The van der Waals surface area contributed by atoms with Crippen molar-refractivity contribution in [3.63, 3.8) is 0 Å². The fourth-order valence-corrected chi connectivity index (χ4v) is 3.54. The number of fused-ring (bicyclic) bond motifs is 1. The monoisotopic (exact) mass is 401 g/mol. The molecule has 0 radical (unpaired) electrons. The molecule has 0 saturated heterocycles. The number of rotatable bonds is 6. The van der Waals surface area contributed by atoms with Crippen LogP contribution in [0.5, 0.6) is 5.75 Å². The third-order valence-electron chi connectivity index (χ3n) is 5.01. The zero-order chi connectivity index (χ0) is 21.1. The van der Waals surface area contributed by atoms with Gasteiger partial charge >= 0.3 is 5.97 Å². The Bertz CT molecular complexity index is 1120. The summed E-state index contributed by atoms with van der Waals surface area (Å²) in [6.07, 6.45) is 0. The first kappa shape index (κ1) is 19.3. The third-order valence-corrected chi connectivity index (χ3v) is 5.01. The van der Waals surface area contributed by atoms with Crippen molar-refractivity contribution in [3.05, 3.63) is 89.0 Å². The molecule has 1 heterocycles. The van der Waals surface area contributed by atoms with Gasteiger partial charge in [-0.05, 0) is 42.5 Å². The van der Waals surface area contributed by atoms with Crippen molar-refractivity contribution in [3.8, 4) is 11.8 Å². The molecule has 1 atom stereocenters. The second-order valence-corrected chi connectivity index (χ2v) is 6.85. The predicted octanol–water partition coefficient (Wildman–Crippen LogP) is 3.37. The average molecular weight is 401 g/mol. The molecule has 4 rings (SSSR count). The highest BCUT2D eigenvalue weighted by Crippen LogP contribution is 2.44. The van der Waals surface area contributed by atoms with Gasteiger partial charge in [0.05, 0.1) is 35.2 Å². The Kier molecular flexibility index (Phi) is 5.00. The van der Waals surface area contributed by atoms with Crippen LogP contribution in [0.25, 0.3) is 0 Å². The molecule has 0 aliphatic carbocycles. The van der Waals surface area contributed by atoms with Crippen LogP contribution in [0, 0.1) is 11.3 Å². The molecule has 0 bridgehead atoms. The van der Waals surface area contributed by atoms with Crippen LogP contribution in [0.4, 0.5) is 11.4 Å². The lowest BCUT2D eigenvalue weighted by Gasteiger charge is -2.32. The minimum atomic E-state index is -0.999. The van der Waals surface area contributed by atoms with Gasteiger partial charge in [-0.15, -0.1) is 0 Å². The molecule has 0 saturated carbocycles. The summed E-state index contributed by atoms with van der Waals surface area (Å²) in [6.45, 7) is 0.140. The van der Waals surface area contributed by atoms with Crippen molar-refractivity contribution in [1.82, 2.24) is 0 Å². The van der Waals surface area contributed by atoms with E-state index in [9.17, 15) is 9.90 Å². The van der Waals surface area contributed by atoms with E-state index in [0.717, 1.165) is 16.8 Å². The maximum atomic E-state index is 11.4. The normalized spacial score (nSPS) is 16.7. The van der Waals surface area contributed by atoms with Crippen molar-refractivity contribution in [1.29, 1.82) is 5.26 Å². The van der Waals surface area contributed by atoms with E-state index in [2.05, 4.69) is 16.7 Å². The Morgan fingerprint density at radius 2 is 1.60 bits per heavy atom.